The zero-order chi connectivity index (χ0) is 37.6. The molecule has 0 aromatic heterocycles. The van der Waals surface area contributed by atoms with E-state index in [2.05, 4.69) is 140 Å². The number of hydrogen-bond acceptors (Lipinski definition) is 0. The van der Waals surface area contributed by atoms with Crippen LogP contribution in [0.4, 0.5) is 0 Å². The molecule has 0 aliphatic heterocycles. The van der Waals surface area contributed by atoms with Gasteiger partial charge in [0.15, 0.2) is 0 Å². The minimum Gasteiger partial charge on any atom is -0.358 e. The van der Waals surface area contributed by atoms with E-state index >= 15 is 0 Å². The summed E-state index contributed by atoms with van der Waals surface area (Å²) in [5.41, 5.74) is 13.8. The third-order valence-corrected chi connectivity index (χ3v) is 13.1. The van der Waals surface area contributed by atoms with E-state index in [4.69, 9.17) is 0 Å². The second kappa shape index (κ2) is 18.7. The van der Waals surface area contributed by atoms with E-state index < -0.39 is 0 Å². The molecule has 0 spiro atoms. The summed E-state index contributed by atoms with van der Waals surface area (Å²) in [4.78, 5) is 0. The summed E-state index contributed by atoms with van der Waals surface area (Å²) in [6.45, 7) is 23.1. The van der Waals surface area contributed by atoms with Gasteiger partial charge in [-0.1, -0.05) is 115 Å². The molecule has 0 saturated heterocycles. The Balaban J connectivity index is 0.000000224. The first-order chi connectivity index (χ1) is 24.6. The first kappa shape index (κ1) is 47.3. The Hall–Kier alpha value is -2.05. The molecule has 55 heavy (non-hydrogen) atoms. The fraction of sp³-hybridized carbons (Fsp3) is 0.462. The smallest absolute Gasteiger partial charge is 0.0648 e. The molecule has 4 aromatic rings. The minimum absolute atomic E-state index is 0. The quantitative estimate of drug-likeness (QED) is 0.147. The van der Waals surface area contributed by atoms with E-state index in [-0.39, 0.29) is 43.1 Å². The van der Waals surface area contributed by atoms with Crippen molar-refractivity contribution in [3.63, 3.8) is 0 Å². The molecular formula is C52H66Cl2Zr-4. The third kappa shape index (κ3) is 9.81. The van der Waals surface area contributed by atoms with Crippen LogP contribution < -0.4 is 0 Å². The standard InChI is InChI=1S/C23H29.C17H23.C10H7.CH3.CH2.2ClH.Zr/c1-14-9-16-11-17-10-15(2)21(23(6,7)8)13-19(17)18(16)12-20(14)22(3,4)5;1-11-3-4-14(5-11)17(2)15-7-12-6-13(9-15)10-16(17)8-12;1-2-6-10-8-4-3-7-9(10)5-1;;;;;/h9,12-13H,11H2,1-8H3;4-5,11-13,15-16H,6-10H2,1-2H3;1-3,5-8H;1H3;1H2;2*1H;/q4*-1;;;;. The van der Waals surface area contributed by atoms with Crippen molar-refractivity contribution in [3.8, 4) is 11.1 Å². The Bertz CT molecular complexity index is 1820. The molecule has 0 nitrogen and oxygen atoms in total. The van der Waals surface area contributed by atoms with Crippen molar-refractivity contribution in [2.45, 2.75) is 119 Å². The largest absolute Gasteiger partial charge is 0.358 e. The Morgan fingerprint density at radius 1 is 0.764 bits per heavy atom. The Morgan fingerprint density at radius 3 is 1.85 bits per heavy atom. The monoisotopic (exact) mass is 850 g/mol. The van der Waals surface area contributed by atoms with Gasteiger partial charge >= 0.3 is 28.4 Å². The average Bonchev–Trinajstić information content (AvgIpc) is 3.69. The number of aryl methyl sites for hydroxylation is 2. The van der Waals surface area contributed by atoms with Crippen LogP contribution in [0.15, 0.2) is 78.4 Å². The molecule has 296 valence electrons. The molecule has 0 N–H and O–H groups in total. The van der Waals surface area contributed by atoms with E-state index in [9.17, 15) is 0 Å². The van der Waals surface area contributed by atoms with Crippen LogP contribution in [0.25, 0.3) is 21.9 Å². The third-order valence-electron chi connectivity index (χ3n) is 13.1. The van der Waals surface area contributed by atoms with Crippen LogP contribution >= 0.6 is 24.8 Å². The van der Waals surface area contributed by atoms with E-state index in [0.29, 0.717) is 11.3 Å². The average molecular weight is 853 g/mol. The molecule has 4 aromatic carbocycles. The molecular weight excluding hydrogens is 787 g/mol. The fourth-order valence-corrected chi connectivity index (χ4v) is 10.6. The number of hydrogen-bond donors (Lipinski definition) is 0. The van der Waals surface area contributed by atoms with Crippen LogP contribution in [0.1, 0.15) is 121 Å². The summed E-state index contributed by atoms with van der Waals surface area (Å²) in [6.07, 6.45) is 17.0. The Kier molecular flexibility index (Phi) is 16.1. The van der Waals surface area contributed by atoms with Gasteiger partial charge in [-0.15, -0.1) is 58.3 Å². The molecule has 6 aliphatic rings. The van der Waals surface area contributed by atoms with Gasteiger partial charge in [0.05, 0.1) is 0 Å². The molecule has 3 heteroatoms. The van der Waals surface area contributed by atoms with Gasteiger partial charge in [-0.3, -0.25) is 6.08 Å². The summed E-state index contributed by atoms with van der Waals surface area (Å²) in [5, 5.41) is 2.53. The van der Waals surface area contributed by atoms with E-state index in [0.717, 1.165) is 30.1 Å². The topological polar surface area (TPSA) is 0 Å². The maximum absolute atomic E-state index is 3.69. The first-order valence-corrected chi connectivity index (χ1v) is 21.6. The van der Waals surface area contributed by atoms with Crippen molar-refractivity contribution in [2.24, 2.45) is 35.0 Å². The minimum atomic E-state index is 0. The summed E-state index contributed by atoms with van der Waals surface area (Å²) < 4.78 is 3.34. The number of allylic oxidation sites excluding steroid dienone is 4. The molecule has 4 saturated carbocycles. The zero-order valence-corrected chi connectivity index (χ0v) is 39.7. The molecule has 1 unspecified atom stereocenters. The van der Waals surface area contributed by atoms with Gasteiger partial charge in [0.2, 0.25) is 0 Å². The van der Waals surface area contributed by atoms with Crippen LogP contribution in [-0.2, 0) is 41.5 Å². The van der Waals surface area contributed by atoms with Crippen LogP contribution in [0, 0.1) is 74.5 Å². The second-order valence-electron chi connectivity index (χ2n) is 18.8. The van der Waals surface area contributed by atoms with Gasteiger partial charge < -0.3 is 7.43 Å². The summed E-state index contributed by atoms with van der Waals surface area (Å²) in [6, 6.07) is 28.2. The number of benzene rings is 4. The maximum Gasteiger partial charge on any atom is -0.0648 e. The predicted octanol–water partition coefficient (Wildman–Crippen LogP) is 14.6. The van der Waals surface area contributed by atoms with Gasteiger partial charge in [0.25, 0.3) is 0 Å². The van der Waals surface area contributed by atoms with Crippen LogP contribution in [-0.4, -0.2) is 4.21 Å². The van der Waals surface area contributed by atoms with Crippen molar-refractivity contribution in [2.75, 3.05) is 0 Å². The van der Waals surface area contributed by atoms with E-state index in [1.807, 2.05) is 24.3 Å². The summed E-state index contributed by atoms with van der Waals surface area (Å²) in [5.74, 6) is 4.68. The van der Waals surface area contributed by atoms with Gasteiger partial charge in [0.1, 0.15) is 0 Å². The molecule has 6 aliphatic carbocycles. The van der Waals surface area contributed by atoms with Crippen molar-refractivity contribution >= 4 is 39.8 Å². The molecule has 4 fully saturated rings. The van der Waals surface area contributed by atoms with Crippen molar-refractivity contribution in [3.05, 3.63) is 137 Å². The van der Waals surface area contributed by atoms with E-state index in [1.165, 1.54) is 105 Å². The van der Waals surface area contributed by atoms with Crippen LogP contribution in [0.5, 0.6) is 0 Å². The van der Waals surface area contributed by atoms with Gasteiger partial charge in [0, 0.05) is 0 Å². The van der Waals surface area contributed by atoms with E-state index in [1.54, 1.807) is 12.0 Å². The number of fused-ring (bicyclic) bond motifs is 4. The molecule has 10 rings (SSSR count). The van der Waals surface area contributed by atoms with Crippen LogP contribution in [0.2, 0.25) is 0 Å². The summed E-state index contributed by atoms with van der Waals surface area (Å²) >= 11 is 1.30. The predicted molar refractivity (Wildman–Crippen MR) is 241 cm³/mol. The Morgan fingerprint density at radius 2 is 1.33 bits per heavy atom. The van der Waals surface area contributed by atoms with Crippen molar-refractivity contribution < 1.29 is 24.2 Å². The normalized spacial score (nSPS) is 24.8. The number of halogens is 2. The SMILES string of the molecule is CC1[C-]=CC(C2(C)C3CC4CC(C3)CC2C4)=C1.Cc1[c-]c2c(cc1C(C)(C)C)-c1cc(C(C)(C)C)c(C)cc1C2.Cl.Cl.[CH2]=[Zr].[CH3-].[c-]1ccc2ccccc2c1. The van der Waals surface area contributed by atoms with Gasteiger partial charge in [-0.25, -0.2) is 6.08 Å². The maximum atomic E-state index is 3.69. The first-order valence-electron chi connectivity index (χ1n) is 19.8. The van der Waals surface area contributed by atoms with Gasteiger partial charge in [-0.05, 0) is 91.2 Å². The molecule has 0 heterocycles. The zero-order valence-electron chi connectivity index (χ0n) is 35.6. The summed E-state index contributed by atoms with van der Waals surface area (Å²) in [7, 11) is 0. The van der Waals surface area contributed by atoms with Crippen LogP contribution in [0.3, 0.4) is 0 Å². The molecule has 4 bridgehead atoms. The fourth-order valence-electron chi connectivity index (χ4n) is 10.6. The Labute approximate surface area is 363 Å². The van der Waals surface area contributed by atoms with Crippen molar-refractivity contribution in [1.29, 1.82) is 0 Å². The molecule has 1 atom stereocenters. The molecule has 0 amide bonds. The van der Waals surface area contributed by atoms with Gasteiger partial charge in [-0.2, -0.15) is 53.6 Å². The van der Waals surface area contributed by atoms with Crippen molar-refractivity contribution in [1.82, 2.24) is 0 Å². The number of rotatable bonds is 1. The molecule has 0 radical (unpaired) electrons. The second-order valence-corrected chi connectivity index (χ2v) is 18.8.